The van der Waals surface area contributed by atoms with Gasteiger partial charge in [0.15, 0.2) is 0 Å². The molecule has 1 aromatic heterocycles. The summed E-state index contributed by atoms with van der Waals surface area (Å²) >= 11 is 0. The molecule has 19 heavy (non-hydrogen) atoms. The van der Waals surface area contributed by atoms with Gasteiger partial charge in [-0.15, -0.1) is 0 Å². The Hall–Kier alpha value is -1.46. The van der Waals surface area contributed by atoms with Gasteiger partial charge in [-0.05, 0) is 18.7 Å². The number of likely N-dealkylation sites (N-methyl/N-ethyl adjacent to an activating group) is 1. The van der Waals surface area contributed by atoms with Crippen LogP contribution in [0, 0.1) is 0 Å². The molecule has 1 N–H and O–H groups in total. The molecular formula is C14H21N3O2. The van der Waals surface area contributed by atoms with Gasteiger partial charge in [-0.2, -0.15) is 0 Å². The van der Waals surface area contributed by atoms with Crippen molar-refractivity contribution in [1.82, 2.24) is 14.8 Å². The fourth-order valence-electron chi connectivity index (χ4n) is 2.35. The molecule has 5 heteroatoms. The first-order chi connectivity index (χ1) is 9.19. The molecule has 0 bridgehead atoms. The largest absolute Gasteiger partial charge is 0.478 e. The Morgan fingerprint density at radius 2 is 2.00 bits per heavy atom. The lowest BCUT2D eigenvalue weighted by molar-refractivity contribution is 0.0696. The van der Waals surface area contributed by atoms with Gasteiger partial charge in [0.2, 0.25) is 0 Å². The fraction of sp³-hybridized carbons (Fsp3) is 0.571. The van der Waals surface area contributed by atoms with Gasteiger partial charge in [0.25, 0.3) is 0 Å². The van der Waals surface area contributed by atoms with E-state index >= 15 is 0 Å². The van der Waals surface area contributed by atoms with Gasteiger partial charge in [-0.3, -0.25) is 4.98 Å². The maximum absolute atomic E-state index is 10.9. The summed E-state index contributed by atoms with van der Waals surface area (Å²) in [6.07, 6.45) is 2.39. The highest BCUT2D eigenvalue weighted by Gasteiger charge is 2.15. The van der Waals surface area contributed by atoms with Crippen LogP contribution in [0.2, 0.25) is 0 Å². The number of aromatic carboxylic acids is 1. The minimum Gasteiger partial charge on any atom is -0.478 e. The zero-order chi connectivity index (χ0) is 13.7. The Balaban J connectivity index is 1.82. The molecule has 104 valence electrons. The average molecular weight is 263 g/mol. The minimum atomic E-state index is -0.889. The van der Waals surface area contributed by atoms with E-state index in [0.29, 0.717) is 5.56 Å². The lowest BCUT2D eigenvalue weighted by Crippen LogP contribution is -2.46. The summed E-state index contributed by atoms with van der Waals surface area (Å²) in [6.45, 7) is 8.69. The van der Waals surface area contributed by atoms with Crippen molar-refractivity contribution < 1.29 is 9.90 Å². The summed E-state index contributed by atoms with van der Waals surface area (Å²) in [7, 11) is 0. The highest BCUT2D eigenvalue weighted by atomic mass is 16.4. The van der Waals surface area contributed by atoms with E-state index in [0.717, 1.165) is 51.4 Å². The molecule has 0 spiro atoms. The third-order valence-corrected chi connectivity index (χ3v) is 3.66. The summed E-state index contributed by atoms with van der Waals surface area (Å²) < 4.78 is 0. The third-order valence-electron chi connectivity index (χ3n) is 3.66. The Labute approximate surface area is 113 Å². The van der Waals surface area contributed by atoms with Crippen LogP contribution in [0.4, 0.5) is 0 Å². The summed E-state index contributed by atoms with van der Waals surface area (Å²) in [5.41, 5.74) is 1.18. The molecule has 0 amide bonds. The second kappa shape index (κ2) is 6.63. The Morgan fingerprint density at radius 3 is 2.63 bits per heavy atom. The molecule has 5 nitrogen and oxygen atoms in total. The number of hydrogen-bond donors (Lipinski definition) is 1. The van der Waals surface area contributed by atoms with E-state index in [-0.39, 0.29) is 0 Å². The number of carbonyl (C=O) groups is 1. The Morgan fingerprint density at radius 1 is 1.32 bits per heavy atom. The van der Waals surface area contributed by atoms with Crippen molar-refractivity contribution in [2.45, 2.75) is 13.3 Å². The van der Waals surface area contributed by atoms with E-state index in [9.17, 15) is 4.79 Å². The Bertz CT molecular complexity index is 428. The molecular weight excluding hydrogens is 242 g/mol. The molecule has 1 aliphatic rings. The number of rotatable bonds is 5. The van der Waals surface area contributed by atoms with Crippen LogP contribution in [0.5, 0.6) is 0 Å². The highest BCUT2D eigenvalue weighted by molar-refractivity contribution is 5.87. The van der Waals surface area contributed by atoms with Gasteiger partial charge >= 0.3 is 5.97 Å². The van der Waals surface area contributed by atoms with E-state index in [1.54, 1.807) is 12.3 Å². The van der Waals surface area contributed by atoms with E-state index in [4.69, 9.17) is 5.11 Å². The number of aromatic nitrogens is 1. The minimum absolute atomic E-state index is 0.320. The van der Waals surface area contributed by atoms with Crippen LogP contribution in [0.1, 0.15) is 23.0 Å². The molecule has 1 aromatic rings. The van der Waals surface area contributed by atoms with Gasteiger partial charge in [0.05, 0.1) is 5.56 Å². The molecule has 2 rings (SSSR count). The van der Waals surface area contributed by atoms with Gasteiger partial charge in [-0.1, -0.05) is 6.92 Å². The van der Waals surface area contributed by atoms with E-state index in [2.05, 4.69) is 21.7 Å². The first kappa shape index (κ1) is 14.0. The molecule has 1 saturated heterocycles. The van der Waals surface area contributed by atoms with Crippen LogP contribution in [0.15, 0.2) is 18.3 Å². The summed E-state index contributed by atoms with van der Waals surface area (Å²) in [5, 5.41) is 8.94. The zero-order valence-electron chi connectivity index (χ0n) is 11.4. The van der Waals surface area contributed by atoms with Crippen molar-refractivity contribution in [3.63, 3.8) is 0 Å². The number of carboxylic acid groups (broad SMARTS) is 1. The molecule has 0 unspecified atom stereocenters. The molecule has 0 atom stereocenters. The maximum Gasteiger partial charge on any atom is 0.335 e. The normalized spacial score (nSPS) is 17.5. The van der Waals surface area contributed by atoms with E-state index < -0.39 is 5.97 Å². The second-order valence-corrected chi connectivity index (χ2v) is 4.87. The Kier molecular flexibility index (Phi) is 4.87. The molecule has 0 aliphatic carbocycles. The van der Waals surface area contributed by atoms with Crippen molar-refractivity contribution in [2.75, 3.05) is 39.3 Å². The fourth-order valence-corrected chi connectivity index (χ4v) is 2.35. The summed E-state index contributed by atoms with van der Waals surface area (Å²) in [6, 6.07) is 3.20. The monoisotopic (exact) mass is 263 g/mol. The first-order valence-electron chi connectivity index (χ1n) is 6.82. The number of carboxylic acids is 1. The van der Waals surface area contributed by atoms with Crippen LogP contribution >= 0.6 is 0 Å². The van der Waals surface area contributed by atoms with Crippen LogP contribution in [0.25, 0.3) is 0 Å². The van der Waals surface area contributed by atoms with Gasteiger partial charge < -0.3 is 14.9 Å². The molecule has 1 aliphatic heterocycles. The van der Waals surface area contributed by atoms with E-state index in [1.165, 1.54) is 6.07 Å². The van der Waals surface area contributed by atoms with Gasteiger partial charge in [0, 0.05) is 51.0 Å². The number of piperazine rings is 1. The molecule has 1 fully saturated rings. The van der Waals surface area contributed by atoms with Crippen LogP contribution in [-0.2, 0) is 6.42 Å². The van der Waals surface area contributed by atoms with Crippen LogP contribution < -0.4 is 0 Å². The van der Waals surface area contributed by atoms with Crippen LogP contribution in [-0.4, -0.2) is 65.1 Å². The van der Waals surface area contributed by atoms with Crippen molar-refractivity contribution in [2.24, 2.45) is 0 Å². The third kappa shape index (κ3) is 4.01. The molecule has 2 heterocycles. The van der Waals surface area contributed by atoms with Gasteiger partial charge in [0.1, 0.15) is 0 Å². The standard InChI is InChI=1S/C14H21N3O2/c1-2-16-7-9-17(10-8-16)6-4-13-11-12(14(18)19)3-5-15-13/h3,5,11H,2,4,6-10H2,1H3,(H,18,19). The van der Waals surface area contributed by atoms with Crippen molar-refractivity contribution in [1.29, 1.82) is 0 Å². The molecule has 0 radical (unpaired) electrons. The highest BCUT2D eigenvalue weighted by Crippen LogP contribution is 2.06. The topological polar surface area (TPSA) is 56.7 Å². The predicted molar refractivity (Wildman–Crippen MR) is 73.5 cm³/mol. The van der Waals surface area contributed by atoms with Crippen molar-refractivity contribution >= 4 is 5.97 Å². The van der Waals surface area contributed by atoms with Crippen molar-refractivity contribution in [3.8, 4) is 0 Å². The molecule has 0 aromatic carbocycles. The summed E-state index contributed by atoms with van der Waals surface area (Å²) in [5.74, 6) is -0.889. The zero-order valence-corrected chi connectivity index (χ0v) is 11.4. The SMILES string of the molecule is CCN1CCN(CCc2cc(C(=O)O)ccn2)CC1. The first-order valence-corrected chi connectivity index (χ1v) is 6.82. The van der Waals surface area contributed by atoms with Crippen molar-refractivity contribution in [3.05, 3.63) is 29.6 Å². The van der Waals surface area contributed by atoms with Gasteiger partial charge in [-0.25, -0.2) is 4.79 Å². The molecule has 0 saturated carbocycles. The lowest BCUT2D eigenvalue weighted by atomic mass is 10.2. The lowest BCUT2D eigenvalue weighted by Gasteiger charge is -2.33. The number of pyridine rings is 1. The maximum atomic E-state index is 10.9. The van der Waals surface area contributed by atoms with E-state index in [1.807, 2.05) is 0 Å². The summed E-state index contributed by atoms with van der Waals surface area (Å²) in [4.78, 5) is 20.0. The second-order valence-electron chi connectivity index (χ2n) is 4.87. The predicted octanol–water partition coefficient (Wildman–Crippen LogP) is 0.960. The number of nitrogens with zero attached hydrogens (tertiary/aromatic N) is 3. The van der Waals surface area contributed by atoms with Crippen LogP contribution in [0.3, 0.4) is 0 Å². The smallest absolute Gasteiger partial charge is 0.335 e. The quantitative estimate of drug-likeness (QED) is 0.857. The number of hydrogen-bond acceptors (Lipinski definition) is 4. The average Bonchev–Trinajstić information content (AvgIpc) is 2.46.